The molecule has 3 N–H and O–H groups in total. The molecule has 24 heavy (non-hydrogen) atoms. The van der Waals surface area contributed by atoms with Gasteiger partial charge in [-0.05, 0) is 48.2 Å². The summed E-state index contributed by atoms with van der Waals surface area (Å²) in [6, 6.07) is 11.1. The predicted molar refractivity (Wildman–Crippen MR) is 93.2 cm³/mol. The normalized spacial score (nSPS) is 24.8. The van der Waals surface area contributed by atoms with Gasteiger partial charge in [-0.1, -0.05) is 12.2 Å². The molecule has 0 saturated heterocycles. The van der Waals surface area contributed by atoms with Crippen molar-refractivity contribution in [1.29, 1.82) is 5.26 Å². The van der Waals surface area contributed by atoms with E-state index in [0.29, 0.717) is 10.8 Å². The molecule has 1 aromatic heterocycles. The second-order valence-corrected chi connectivity index (χ2v) is 8.76. The van der Waals surface area contributed by atoms with Gasteiger partial charge in [0.15, 0.2) is 0 Å². The summed E-state index contributed by atoms with van der Waals surface area (Å²) in [5, 5.41) is 17.9. The number of benzene rings is 1. The van der Waals surface area contributed by atoms with Gasteiger partial charge in [0.2, 0.25) is 10.0 Å². The monoisotopic (exact) mass is 357 g/mol. The SMILES string of the molecule is N#Cc1ccc(C2Nc3ccc(S(N)(=O)=O)cc3C3C=CCC32)s1. The van der Waals surface area contributed by atoms with Crippen molar-refractivity contribution in [3.63, 3.8) is 0 Å². The molecule has 0 radical (unpaired) electrons. The van der Waals surface area contributed by atoms with Gasteiger partial charge in [-0.2, -0.15) is 5.26 Å². The summed E-state index contributed by atoms with van der Waals surface area (Å²) < 4.78 is 23.3. The molecule has 0 spiro atoms. The predicted octanol–water partition coefficient (Wildman–Crippen LogP) is 3.09. The molecule has 0 fully saturated rings. The van der Waals surface area contributed by atoms with Crippen LogP contribution in [0.1, 0.15) is 33.7 Å². The van der Waals surface area contributed by atoms with Gasteiger partial charge in [0.1, 0.15) is 10.9 Å². The highest BCUT2D eigenvalue weighted by Gasteiger charge is 2.38. The van der Waals surface area contributed by atoms with Gasteiger partial charge in [0.05, 0.1) is 10.9 Å². The molecule has 4 rings (SSSR count). The highest BCUT2D eigenvalue weighted by atomic mass is 32.2. The summed E-state index contributed by atoms with van der Waals surface area (Å²) in [6.45, 7) is 0. The van der Waals surface area contributed by atoms with Crippen molar-refractivity contribution in [2.24, 2.45) is 11.1 Å². The van der Waals surface area contributed by atoms with Gasteiger partial charge < -0.3 is 5.32 Å². The Morgan fingerprint density at radius 3 is 2.83 bits per heavy atom. The molecule has 1 aliphatic heterocycles. The van der Waals surface area contributed by atoms with Gasteiger partial charge in [-0.3, -0.25) is 0 Å². The third kappa shape index (κ3) is 2.44. The number of thiophene rings is 1. The van der Waals surface area contributed by atoms with E-state index < -0.39 is 10.0 Å². The summed E-state index contributed by atoms with van der Waals surface area (Å²) in [5.41, 5.74) is 1.89. The van der Waals surface area contributed by atoms with E-state index in [1.807, 2.05) is 12.1 Å². The maximum atomic E-state index is 11.6. The average Bonchev–Trinajstić information content (AvgIpc) is 3.22. The maximum Gasteiger partial charge on any atom is 0.238 e. The lowest BCUT2D eigenvalue weighted by Crippen LogP contribution is -2.28. The zero-order chi connectivity index (χ0) is 16.9. The Bertz CT molecular complexity index is 986. The molecule has 2 aliphatic rings. The Kier molecular flexibility index (Phi) is 3.49. The third-order valence-electron chi connectivity index (χ3n) is 4.71. The van der Waals surface area contributed by atoms with Gasteiger partial charge in [-0.25, -0.2) is 13.6 Å². The molecular weight excluding hydrogens is 342 g/mol. The van der Waals surface area contributed by atoms with E-state index in [9.17, 15) is 8.42 Å². The van der Waals surface area contributed by atoms with Crippen LogP contribution in [0, 0.1) is 17.2 Å². The van der Waals surface area contributed by atoms with Crippen molar-refractivity contribution in [2.45, 2.75) is 23.3 Å². The minimum absolute atomic E-state index is 0.116. The van der Waals surface area contributed by atoms with Crippen LogP contribution < -0.4 is 10.5 Å². The number of nitriles is 1. The first-order chi connectivity index (χ1) is 11.5. The number of hydrogen-bond acceptors (Lipinski definition) is 5. The number of sulfonamides is 1. The van der Waals surface area contributed by atoms with E-state index in [1.54, 1.807) is 12.1 Å². The smallest absolute Gasteiger partial charge is 0.238 e. The van der Waals surface area contributed by atoms with Crippen LogP contribution in [0.15, 0.2) is 47.4 Å². The van der Waals surface area contributed by atoms with Crippen LogP contribution in [-0.4, -0.2) is 8.42 Å². The fourth-order valence-electron chi connectivity index (χ4n) is 3.61. The number of nitrogens with one attached hydrogen (secondary N) is 1. The summed E-state index contributed by atoms with van der Waals surface area (Å²) in [5.74, 6) is 0.457. The Morgan fingerprint density at radius 1 is 1.29 bits per heavy atom. The first-order valence-electron chi connectivity index (χ1n) is 7.57. The van der Waals surface area contributed by atoms with E-state index in [-0.39, 0.29) is 16.9 Å². The van der Waals surface area contributed by atoms with Crippen LogP contribution >= 0.6 is 11.3 Å². The Balaban J connectivity index is 1.79. The lowest BCUT2D eigenvalue weighted by molar-refractivity contribution is 0.429. The molecule has 2 aromatic rings. The van der Waals surface area contributed by atoms with Crippen LogP contribution in [-0.2, 0) is 10.0 Å². The quantitative estimate of drug-likeness (QED) is 0.807. The van der Waals surface area contributed by atoms with Crippen molar-refractivity contribution >= 4 is 27.0 Å². The number of rotatable bonds is 2. The van der Waals surface area contributed by atoms with Crippen LogP contribution in [0.3, 0.4) is 0 Å². The lowest BCUT2D eigenvalue weighted by Gasteiger charge is -2.37. The molecular formula is C17H15N3O2S2. The zero-order valence-corrected chi connectivity index (χ0v) is 14.3. The second kappa shape index (κ2) is 5.45. The van der Waals surface area contributed by atoms with Gasteiger partial charge in [0.25, 0.3) is 0 Å². The van der Waals surface area contributed by atoms with Crippen molar-refractivity contribution in [2.75, 3.05) is 5.32 Å². The van der Waals surface area contributed by atoms with E-state index in [1.165, 1.54) is 17.4 Å². The fraction of sp³-hybridized carbons (Fsp3) is 0.235. The van der Waals surface area contributed by atoms with Crippen LogP contribution in [0.2, 0.25) is 0 Å². The maximum absolute atomic E-state index is 11.6. The van der Waals surface area contributed by atoms with E-state index in [0.717, 1.165) is 22.5 Å². The summed E-state index contributed by atoms with van der Waals surface area (Å²) in [7, 11) is -3.72. The van der Waals surface area contributed by atoms with Crippen LogP contribution in [0.25, 0.3) is 0 Å². The number of nitrogens with zero attached hydrogens (tertiary/aromatic N) is 1. The summed E-state index contributed by atoms with van der Waals surface area (Å²) in [4.78, 5) is 1.97. The molecule has 0 bridgehead atoms. The second-order valence-electron chi connectivity index (χ2n) is 6.08. The molecule has 122 valence electrons. The fourth-order valence-corrected chi connectivity index (χ4v) is 5.09. The number of nitrogens with two attached hydrogens (primary N) is 1. The van der Waals surface area contributed by atoms with E-state index in [4.69, 9.17) is 10.4 Å². The van der Waals surface area contributed by atoms with Crippen LogP contribution in [0.5, 0.6) is 0 Å². The number of anilines is 1. The zero-order valence-electron chi connectivity index (χ0n) is 12.6. The van der Waals surface area contributed by atoms with Gasteiger partial charge in [-0.15, -0.1) is 11.3 Å². The molecule has 3 unspecified atom stereocenters. The molecule has 7 heteroatoms. The minimum atomic E-state index is -3.72. The number of hydrogen-bond donors (Lipinski definition) is 2. The number of fused-ring (bicyclic) bond motifs is 3. The molecule has 1 aromatic carbocycles. The highest BCUT2D eigenvalue weighted by molar-refractivity contribution is 7.89. The molecule has 3 atom stereocenters. The van der Waals surface area contributed by atoms with Gasteiger partial charge >= 0.3 is 0 Å². The van der Waals surface area contributed by atoms with E-state index in [2.05, 4.69) is 23.5 Å². The summed E-state index contributed by atoms with van der Waals surface area (Å²) >= 11 is 1.50. The Labute approximate surface area is 144 Å². The topological polar surface area (TPSA) is 96.0 Å². The molecule has 0 saturated carbocycles. The van der Waals surface area contributed by atoms with Crippen molar-refractivity contribution in [3.05, 3.63) is 57.8 Å². The van der Waals surface area contributed by atoms with Crippen molar-refractivity contribution in [1.82, 2.24) is 0 Å². The average molecular weight is 357 g/mol. The van der Waals surface area contributed by atoms with Crippen molar-refractivity contribution < 1.29 is 8.42 Å². The Hall–Kier alpha value is -2.14. The first-order valence-corrected chi connectivity index (χ1v) is 9.93. The molecule has 5 nitrogen and oxygen atoms in total. The molecule has 2 heterocycles. The largest absolute Gasteiger partial charge is 0.377 e. The Morgan fingerprint density at radius 2 is 2.12 bits per heavy atom. The first kappa shape index (κ1) is 15.4. The molecule has 0 amide bonds. The lowest BCUT2D eigenvalue weighted by atomic mass is 9.79. The van der Waals surface area contributed by atoms with Gasteiger partial charge in [0, 0.05) is 16.5 Å². The summed E-state index contributed by atoms with van der Waals surface area (Å²) in [6.07, 6.45) is 5.20. The number of allylic oxidation sites excluding steroid dienone is 2. The van der Waals surface area contributed by atoms with Crippen molar-refractivity contribution in [3.8, 4) is 6.07 Å². The standard InChI is InChI=1S/C17H15N3O2S2/c18-9-10-4-7-16(23-10)17-13-3-1-2-12(13)14-8-11(24(19,21)22)5-6-15(14)20-17/h1-2,4-8,12-13,17,20H,3H2,(H2,19,21,22). The highest BCUT2D eigenvalue weighted by Crippen LogP contribution is 2.51. The van der Waals surface area contributed by atoms with E-state index >= 15 is 0 Å². The number of primary sulfonamides is 1. The third-order valence-corrected chi connectivity index (χ3v) is 6.69. The molecule has 1 aliphatic carbocycles. The van der Waals surface area contributed by atoms with Crippen LogP contribution in [0.4, 0.5) is 5.69 Å². The minimum Gasteiger partial charge on any atom is -0.377 e.